The average Bonchev–Trinajstić information content (AvgIpc) is 3.22. The second kappa shape index (κ2) is 6.40. The second-order valence-electron chi connectivity index (χ2n) is 6.18. The lowest BCUT2D eigenvalue weighted by atomic mass is 10.0. The Balaban J connectivity index is 1.62. The predicted octanol–water partition coefficient (Wildman–Crippen LogP) is 1.92. The summed E-state index contributed by atoms with van der Waals surface area (Å²) in [7, 11) is 0. The van der Waals surface area contributed by atoms with Crippen molar-refractivity contribution in [3.8, 4) is 0 Å². The van der Waals surface area contributed by atoms with Crippen molar-refractivity contribution in [3.63, 3.8) is 0 Å². The zero-order valence-corrected chi connectivity index (χ0v) is 12.8. The van der Waals surface area contributed by atoms with Gasteiger partial charge in [-0.05, 0) is 30.2 Å². The summed E-state index contributed by atoms with van der Waals surface area (Å²) in [4.78, 5) is 36.2. The molecule has 0 bridgehead atoms. The van der Waals surface area contributed by atoms with Gasteiger partial charge in [-0.2, -0.15) is 0 Å². The van der Waals surface area contributed by atoms with E-state index in [-0.39, 0.29) is 18.6 Å². The highest BCUT2D eigenvalue weighted by Gasteiger charge is 2.56. The molecule has 6 heteroatoms. The maximum absolute atomic E-state index is 12.3. The number of aldehydes is 1. The molecule has 0 aromatic heterocycles. The Kier molecular flexibility index (Phi) is 4.32. The fourth-order valence-electron chi connectivity index (χ4n) is 3.01. The molecule has 6 nitrogen and oxygen atoms in total. The van der Waals surface area contributed by atoms with E-state index >= 15 is 0 Å². The van der Waals surface area contributed by atoms with E-state index in [0.717, 1.165) is 18.4 Å². The van der Waals surface area contributed by atoms with Gasteiger partial charge in [0.1, 0.15) is 19.3 Å². The molecule has 1 saturated heterocycles. The van der Waals surface area contributed by atoms with Crippen LogP contribution in [-0.2, 0) is 25.7 Å². The van der Waals surface area contributed by atoms with E-state index < -0.39 is 18.1 Å². The number of nitrogens with zero attached hydrogens (tertiary/aromatic N) is 1. The van der Waals surface area contributed by atoms with Crippen molar-refractivity contribution in [3.05, 3.63) is 35.9 Å². The van der Waals surface area contributed by atoms with Gasteiger partial charge in [-0.1, -0.05) is 30.3 Å². The maximum atomic E-state index is 12.3. The molecule has 3 rings (SSSR count). The molecule has 1 aliphatic carbocycles. The Bertz CT molecular complexity index is 596. The normalized spacial score (nSPS) is 21.0. The fourth-order valence-corrected chi connectivity index (χ4v) is 3.01. The summed E-state index contributed by atoms with van der Waals surface area (Å²) in [6.45, 7) is 0.399. The molecule has 1 aromatic rings. The standard InChI is InChI=1S/C17H19NO5/c19-8-9-22-15(20)14-10-17(6-7-17)12-18(14)16(21)23-11-13-4-2-1-3-5-13/h1-5,8,14H,6-7,9-12H2. The lowest BCUT2D eigenvalue weighted by Gasteiger charge is -2.22. The summed E-state index contributed by atoms with van der Waals surface area (Å²) in [6, 6.07) is 8.73. The molecule has 23 heavy (non-hydrogen) atoms. The highest BCUT2D eigenvalue weighted by atomic mass is 16.6. The molecule has 1 amide bonds. The van der Waals surface area contributed by atoms with Crippen LogP contribution in [0.5, 0.6) is 0 Å². The first-order valence-corrected chi connectivity index (χ1v) is 7.71. The molecule has 1 aromatic carbocycles. The summed E-state index contributed by atoms with van der Waals surface area (Å²) in [5, 5.41) is 0. The molecule has 2 fully saturated rings. The van der Waals surface area contributed by atoms with Gasteiger partial charge in [0.05, 0.1) is 0 Å². The van der Waals surface area contributed by atoms with E-state index in [0.29, 0.717) is 19.3 Å². The zero-order chi connectivity index (χ0) is 16.3. The van der Waals surface area contributed by atoms with Crippen molar-refractivity contribution in [2.24, 2.45) is 5.41 Å². The lowest BCUT2D eigenvalue weighted by molar-refractivity contribution is -0.150. The quantitative estimate of drug-likeness (QED) is 0.613. The van der Waals surface area contributed by atoms with Gasteiger partial charge in [-0.25, -0.2) is 9.59 Å². The number of rotatable bonds is 5. The van der Waals surface area contributed by atoms with Crippen LogP contribution in [-0.4, -0.2) is 42.4 Å². The van der Waals surface area contributed by atoms with Crippen LogP contribution in [0.1, 0.15) is 24.8 Å². The number of carbonyl (C=O) groups is 3. The van der Waals surface area contributed by atoms with Crippen LogP contribution in [0.3, 0.4) is 0 Å². The first-order valence-electron chi connectivity index (χ1n) is 7.71. The highest BCUT2D eigenvalue weighted by Crippen LogP contribution is 2.55. The molecule has 1 spiro atoms. The molecule has 1 heterocycles. The SMILES string of the molecule is O=CCOC(=O)C1CC2(CC2)CN1C(=O)OCc1ccccc1. The van der Waals surface area contributed by atoms with Gasteiger partial charge in [-0.3, -0.25) is 9.69 Å². The number of ether oxygens (including phenoxy) is 2. The minimum atomic E-state index is -0.652. The van der Waals surface area contributed by atoms with E-state index in [1.807, 2.05) is 30.3 Å². The third-order valence-corrected chi connectivity index (χ3v) is 4.47. The van der Waals surface area contributed by atoms with Crippen molar-refractivity contribution in [1.82, 2.24) is 4.90 Å². The number of amides is 1. The van der Waals surface area contributed by atoms with E-state index in [1.165, 1.54) is 4.90 Å². The van der Waals surface area contributed by atoms with Gasteiger partial charge in [-0.15, -0.1) is 0 Å². The fraction of sp³-hybridized carbons (Fsp3) is 0.471. The Hall–Kier alpha value is -2.37. The number of carbonyl (C=O) groups excluding carboxylic acids is 3. The van der Waals surface area contributed by atoms with Crippen LogP contribution in [0.25, 0.3) is 0 Å². The first kappa shape index (κ1) is 15.5. The molecule has 1 aliphatic heterocycles. The average molecular weight is 317 g/mol. The molecular formula is C17H19NO5. The number of esters is 1. The molecule has 1 saturated carbocycles. The topological polar surface area (TPSA) is 72.9 Å². The number of likely N-dealkylation sites (tertiary alicyclic amines) is 1. The van der Waals surface area contributed by atoms with Crippen molar-refractivity contribution in [1.29, 1.82) is 0 Å². The number of hydrogen-bond acceptors (Lipinski definition) is 5. The Morgan fingerprint density at radius 2 is 1.96 bits per heavy atom. The van der Waals surface area contributed by atoms with E-state index in [1.54, 1.807) is 0 Å². The second-order valence-corrected chi connectivity index (χ2v) is 6.18. The van der Waals surface area contributed by atoms with Crippen molar-refractivity contribution < 1.29 is 23.9 Å². The molecule has 0 N–H and O–H groups in total. The molecule has 0 radical (unpaired) electrons. The first-order chi connectivity index (χ1) is 11.1. The third-order valence-electron chi connectivity index (χ3n) is 4.47. The van der Waals surface area contributed by atoms with Gasteiger partial charge in [0, 0.05) is 6.54 Å². The molecule has 122 valence electrons. The number of hydrogen-bond donors (Lipinski definition) is 0. The van der Waals surface area contributed by atoms with Gasteiger partial charge in [0.25, 0.3) is 0 Å². The van der Waals surface area contributed by atoms with Crippen LogP contribution in [0.2, 0.25) is 0 Å². The summed E-state index contributed by atoms with van der Waals surface area (Å²) in [5.74, 6) is -0.530. The van der Waals surface area contributed by atoms with Crippen molar-refractivity contribution in [2.75, 3.05) is 13.2 Å². The van der Waals surface area contributed by atoms with Crippen molar-refractivity contribution >= 4 is 18.3 Å². The van der Waals surface area contributed by atoms with E-state index in [9.17, 15) is 14.4 Å². The molecule has 1 atom stereocenters. The monoisotopic (exact) mass is 317 g/mol. The molecular weight excluding hydrogens is 298 g/mol. The highest BCUT2D eigenvalue weighted by molar-refractivity contribution is 5.83. The lowest BCUT2D eigenvalue weighted by Crippen LogP contribution is -2.41. The third kappa shape index (κ3) is 3.52. The Morgan fingerprint density at radius 3 is 2.61 bits per heavy atom. The van der Waals surface area contributed by atoms with Crippen LogP contribution >= 0.6 is 0 Å². The summed E-state index contributed by atoms with van der Waals surface area (Å²) in [5.41, 5.74) is 0.928. The van der Waals surface area contributed by atoms with Crippen molar-refractivity contribution in [2.45, 2.75) is 31.9 Å². The molecule has 1 unspecified atom stereocenters. The summed E-state index contributed by atoms with van der Waals surface area (Å²) < 4.78 is 10.2. The van der Waals surface area contributed by atoms with Crippen LogP contribution < -0.4 is 0 Å². The molecule has 2 aliphatic rings. The predicted molar refractivity (Wildman–Crippen MR) is 80.4 cm³/mol. The Labute approximate surface area is 134 Å². The Morgan fingerprint density at radius 1 is 1.22 bits per heavy atom. The smallest absolute Gasteiger partial charge is 0.410 e. The van der Waals surface area contributed by atoms with Crippen LogP contribution in [0.4, 0.5) is 4.79 Å². The number of benzene rings is 1. The van der Waals surface area contributed by atoms with Gasteiger partial charge < -0.3 is 9.47 Å². The van der Waals surface area contributed by atoms with Crippen LogP contribution in [0.15, 0.2) is 30.3 Å². The van der Waals surface area contributed by atoms with Gasteiger partial charge in [0.2, 0.25) is 0 Å². The van der Waals surface area contributed by atoms with Gasteiger partial charge in [0.15, 0.2) is 6.29 Å². The minimum Gasteiger partial charge on any atom is -0.456 e. The zero-order valence-electron chi connectivity index (χ0n) is 12.8. The van der Waals surface area contributed by atoms with Crippen LogP contribution in [0, 0.1) is 5.41 Å². The van der Waals surface area contributed by atoms with E-state index in [4.69, 9.17) is 9.47 Å². The minimum absolute atomic E-state index is 0.0383. The maximum Gasteiger partial charge on any atom is 0.410 e. The summed E-state index contributed by atoms with van der Waals surface area (Å²) >= 11 is 0. The largest absolute Gasteiger partial charge is 0.456 e. The summed E-state index contributed by atoms with van der Waals surface area (Å²) in [6.07, 6.45) is 2.62. The van der Waals surface area contributed by atoms with Gasteiger partial charge >= 0.3 is 12.1 Å². The van der Waals surface area contributed by atoms with E-state index in [2.05, 4.69) is 0 Å².